The second kappa shape index (κ2) is 5.82. The van der Waals surface area contributed by atoms with Crippen LogP contribution in [0.3, 0.4) is 0 Å². The van der Waals surface area contributed by atoms with Crippen LogP contribution in [0.4, 0.5) is 0 Å². The molecule has 17 heavy (non-hydrogen) atoms. The van der Waals surface area contributed by atoms with Crippen LogP contribution in [0.5, 0.6) is 0 Å². The number of sulfone groups is 1. The molecule has 0 bridgehead atoms. The topological polar surface area (TPSA) is 80.5 Å². The van der Waals surface area contributed by atoms with Crippen molar-refractivity contribution in [3.63, 3.8) is 0 Å². The average molecular weight is 262 g/mol. The van der Waals surface area contributed by atoms with Crippen molar-refractivity contribution in [1.29, 1.82) is 0 Å². The van der Waals surface area contributed by atoms with E-state index in [1.807, 2.05) is 0 Å². The first-order valence-corrected chi connectivity index (χ1v) is 7.80. The highest BCUT2D eigenvalue weighted by Crippen LogP contribution is 2.14. The molecule has 0 aromatic heterocycles. The molecule has 1 amide bonds. The van der Waals surface area contributed by atoms with Crippen molar-refractivity contribution in [2.45, 2.75) is 31.9 Å². The zero-order valence-electron chi connectivity index (χ0n) is 10.6. The fourth-order valence-corrected chi connectivity index (χ4v) is 3.63. The molecule has 0 spiro atoms. The molecular formula is C11H22N2O3S. The van der Waals surface area contributed by atoms with Crippen molar-refractivity contribution in [1.82, 2.24) is 4.90 Å². The van der Waals surface area contributed by atoms with Gasteiger partial charge in [0.2, 0.25) is 5.91 Å². The minimum absolute atomic E-state index is 0.00968. The van der Waals surface area contributed by atoms with Gasteiger partial charge < -0.3 is 10.6 Å². The van der Waals surface area contributed by atoms with Crippen molar-refractivity contribution in [2.24, 2.45) is 11.7 Å². The van der Waals surface area contributed by atoms with Crippen LogP contribution in [0, 0.1) is 5.92 Å². The third-order valence-electron chi connectivity index (χ3n) is 3.22. The van der Waals surface area contributed by atoms with E-state index < -0.39 is 15.1 Å². The van der Waals surface area contributed by atoms with Crippen LogP contribution in [0.25, 0.3) is 0 Å². The number of amides is 1. The fourth-order valence-electron chi connectivity index (χ4n) is 1.96. The molecule has 1 rings (SSSR count). The molecule has 2 unspecified atom stereocenters. The third kappa shape index (κ3) is 3.67. The monoisotopic (exact) mass is 262 g/mol. The predicted octanol–water partition coefficient (Wildman–Crippen LogP) is 0.00690. The maximum Gasteiger partial charge on any atom is 0.240 e. The first-order chi connectivity index (χ1) is 7.88. The Kier molecular flexibility index (Phi) is 4.94. The number of hydrogen-bond acceptors (Lipinski definition) is 4. The van der Waals surface area contributed by atoms with Gasteiger partial charge in [0.05, 0.1) is 5.75 Å². The van der Waals surface area contributed by atoms with Gasteiger partial charge in [-0.2, -0.15) is 0 Å². The van der Waals surface area contributed by atoms with Gasteiger partial charge in [0.15, 0.2) is 9.84 Å². The van der Waals surface area contributed by atoms with Crippen LogP contribution in [0.1, 0.15) is 26.7 Å². The molecule has 100 valence electrons. The Balaban J connectivity index is 2.67. The van der Waals surface area contributed by atoms with Crippen LogP contribution in [-0.2, 0) is 14.6 Å². The van der Waals surface area contributed by atoms with E-state index >= 15 is 0 Å². The van der Waals surface area contributed by atoms with Crippen LogP contribution in [0.15, 0.2) is 0 Å². The molecule has 5 nitrogen and oxygen atoms in total. The SMILES string of the molecule is CC(CN)CS(=O)(=O)C(C)C(=O)N1CCCC1. The van der Waals surface area contributed by atoms with Gasteiger partial charge in [-0.05, 0) is 32.2 Å². The van der Waals surface area contributed by atoms with Gasteiger partial charge in [-0.3, -0.25) is 4.79 Å². The van der Waals surface area contributed by atoms with E-state index in [1.165, 1.54) is 6.92 Å². The standard InChI is InChI=1S/C11H22N2O3S/c1-9(7-12)8-17(15,16)10(2)11(14)13-5-3-4-6-13/h9-10H,3-8,12H2,1-2H3. The molecule has 1 aliphatic rings. The maximum atomic E-state index is 12.0. The summed E-state index contributed by atoms with van der Waals surface area (Å²) in [6.07, 6.45) is 1.94. The molecule has 1 saturated heterocycles. The molecule has 0 aromatic carbocycles. The van der Waals surface area contributed by atoms with E-state index in [0.717, 1.165) is 12.8 Å². The molecule has 1 aliphatic heterocycles. The Bertz CT molecular complexity index is 361. The summed E-state index contributed by atoms with van der Waals surface area (Å²) in [4.78, 5) is 13.6. The summed E-state index contributed by atoms with van der Waals surface area (Å²) in [5.74, 6) is -0.370. The average Bonchev–Trinajstić information content (AvgIpc) is 2.79. The first-order valence-electron chi connectivity index (χ1n) is 6.09. The largest absolute Gasteiger partial charge is 0.342 e. The second-order valence-electron chi connectivity index (χ2n) is 4.85. The molecule has 0 aliphatic carbocycles. The van der Waals surface area contributed by atoms with Crippen molar-refractivity contribution in [3.05, 3.63) is 0 Å². The number of rotatable bonds is 5. The van der Waals surface area contributed by atoms with Crippen molar-refractivity contribution < 1.29 is 13.2 Å². The summed E-state index contributed by atoms with van der Waals surface area (Å²) >= 11 is 0. The lowest BCUT2D eigenvalue weighted by molar-refractivity contribution is -0.129. The molecule has 2 atom stereocenters. The highest BCUT2D eigenvalue weighted by molar-refractivity contribution is 7.92. The van der Waals surface area contributed by atoms with E-state index in [0.29, 0.717) is 19.6 Å². The lowest BCUT2D eigenvalue weighted by Crippen LogP contribution is -2.42. The zero-order valence-corrected chi connectivity index (χ0v) is 11.4. The van der Waals surface area contributed by atoms with Crippen molar-refractivity contribution in [3.8, 4) is 0 Å². The molecule has 0 radical (unpaired) electrons. The number of nitrogens with zero attached hydrogens (tertiary/aromatic N) is 1. The van der Waals surface area contributed by atoms with Gasteiger partial charge in [0.1, 0.15) is 5.25 Å². The van der Waals surface area contributed by atoms with Gasteiger partial charge in [0, 0.05) is 13.1 Å². The molecule has 2 N–H and O–H groups in total. The molecule has 0 saturated carbocycles. The van der Waals surface area contributed by atoms with E-state index in [2.05, 4.69) is 0 Å². The number of hydrogen-bond donors (Lipinski definition) is 1. The lowest BCUT2D eigenvalue weighted by Gasteiger charge is -2.21. The highest BCUT2D eigenvalue weighted by Gasteiger charge is 2.33. The van der Waals surface area contributed by atoms with Gasteiger partial charge >= 0.3 is 0 Å². The molecule has 0 aromatic rings. The molecule has 1 heterocycles. The fraction of sp³-hybridized carbons (Fsp3) is 0.909. The molecule has 6 heteroatoms. The summed E-state index contributed by atoms with van der Waals surface area (Å²) in [5.41, 5.74) is 5.42. The smallest absolute Gasteiger partial charge is 0.240 e. The second-order valence-corrected chi connectivity index (χ2v) is 7.21. The predicted molar refractivity (Wildman–Crippen MR) is 67.3 cm³/mol. The Morgan fingerprint density at radius 3 is 2.29 bits per heavy atom. The summed E-state index contributed by atoms with van der Waals surface area (Å²) in [6.45, 7) is 4.96. The number of carbonyl (C=O) groups excluding carboxylic acids is 1. The van der Waals surface area contributed by atoms with Gasteiger partial charge in [0.25, 0.3) is 0 Å². The Morgan fingerprint density at radius 1 is 1.29 bits per heavy atom. The minimum Gasteiger partial charge on any atom is -0.342 e. The van der Waals surface area contributed by atoms with Crippen LogP contribution in [-0.4, -0.2) is 49.9 Å². The Labute approximate surface area is 103 Å². The number of nitrogens with two attached hydrogens (primary N) is 1. The quantitative estimate of drug-likeness (QED) is 0.756. The summed E-state index contributed by atoms with van der Waals surface area (Å²) < 4.78 is 24.0. The summed E-state index contributed by atoms with van der Waals surface area (Å²) in [6, 6.07) is 0. The van der Waals surface area contributed by atoms with E-state index in [4.69, 9.17) is 5.73 Å². The highest BCUT2D eigenvalue weighted by atomic mass is 32.2. The zero-order chi connectivity index (χ0) is 13.1. The maximum absolute atomic E-state index is 12.0. The van der Waals surface area contributed by atoms with E-state index in [1.54, 1.807) is 11.8 Å². The molecular weight excluding hydrogens is 240 g/mol. The van der Waals surface area contributed by atoms with Crippen LogP contribution in [0.2, 0.25) is 0 Å². The van der Waals surface area contributed by atoms with Crippen LogP contribution >= 0.6 is 0 Å². The van der Waals surface area contributed by atoms with Gasteiger partial charge in [-0.15, -0.1) is 0 Å². The van der Waals surface area contributed by atoms with Gasteiger partial charge in [-0.25, -0.2) is 8.42 Å². The van der Waals surface area contributed by atoms with E-state index in [-0.39, 0.29) is 17.6 Å². The van der Waals surface area contributed by atoms with Crippen LogP contribution < -0.4 is 5.73 Å². The Hall–Kier alpha value is -0.620. The third-order valence-corrected chi connectivity index (χ3v) is 5.54. The first kappa shape index (κ1) is 14.4. The van der Waals surface area contributed by atoms with Gasteiger partial charge in [-0.1, -0.05) is 6.92 Å². The van der Waals surface area contributed by atoms with E-state index in [9.17, 15) is 13.2 Å². The normalized spacial score (nSPS) is 20.3. The Morgan fingerprint density at radius 2 is 1.82 bits per heavy atom. The van der Waals surface area contributed by atoms with Crippen molar-refractivity contribution in [2.75, 3.05) is 25.4 Å². The van der Waals surface area contributed by atoms with Crippen molar-refractivity contribution >= 4 is 15.7 Å². The minimum atomic E-state index is -3.38. The summed E-state index contributed by atoms with van der Waals surface area (Å²) in [7, 11) is -3.38. The number of likely N-dealkylation sites (tertiary alicyclic amines) is 1. The summed E-state index contributed by atoms with van der Waals surface area (Å²) in [5, 5.41) is -0.936. The number of carbonyl (C=O) groups is 1. The molecule has 1 fully saturated rings. The lowest BCUT2D eigenvalue weighted by atomic mass is 10.2.